The first-order valence-corrected chi connectivity index (χ1v) is 6.40. The summed E-state index contributed by atoms with van der Waals surface area (Å²) >= 11 is 0. The predicted molar refractivity (Wildman–Crippen MR) is 77.6 cm³/mol. The van der Waals surface area contributed by atoms with Crippen LogP contribution in [0.4, 0.5) is 0 Å². The molecule has 0 fully saturated rings. The number of benzene rings is 2. The van der Waals surface area contributed by atoms with E-state index in [1.54, 1.807) is 6.07 Å². The van der Waals surface area contributed by atoms with Gasteiger partial charge in [-0.05, 0) is 34.7 Å². The molecule has 0 amide bonds. The average molecular weight is 265 g/mol. The quantitative estimate of drug-likeness (QED) is 0.910. The number of nitriles is 1. The van der Waals surface area contributed by atoms with Gasteiger partial charge in [-0.2, -0.15) is 5.26 Å². The minimum absolute atomic E-state index is 0.130. The third kappa shape index (κ3) is 2.70. The van der Waals surface area contributed by atoms with Crippen LogP contribution in [-0.4, -0.2) is 11.1 Å². The number of aromatic carboxylic acids is 1. The van der Waals surface area contributed by atoms with Gasteiger partial charge in [-0.3, -0.25) is 0 Å². The molecule has 0 radical (unpaired) electrons. The van der Waals surface area contributed by atoms with Crippen LogP contribution in [0.3, 0.4) is 0 Å². The molecule has 2 rings (SSSR count). The number of carboxylic acid groups (broad SMARTS) is 1. The fraction of sp³-hybridized carbons (Fsp3) is 0.176. The average Bonchev–Trinajstić information content (AvgIpc) is 2.46. The van der Waals surface area contributed by atoms with Crippen LogP contribution >= 0.6 is 0 Å². The highest BCUT2D eigenvalue weighted by molar-refractivity contribution is 5.89. The summed E-state index contributed by atoms with van der Waals surface area (Å²) in [6, 6.07) is 14.7. The van der Waals surface area contributed by atoms with Gasteiger partial charge in [0.15, 0.2) is 0 Å². The van der Waals surface area contributed by atoms with E-state index in [1.807, 2.05) is 24.3 Å². The SMILES string of the molecule is CC(C)c1cccc(-c2ccc(C(=O)O)cc2C#N)c1. The molecule has 0 heterocycles. The van der Waals surface area contributed by atoms with Crippen LogP contribution in [0, 0.1) is 11.3 Å². The molecule has 0 saturated heterocycles. The molecule has 0 unspecified atom stereocenters. The van der Waals surface area contributed by atoms with Gasteiger partial charge in [0.1, 0.15) is 0 Å². The fourth-order valence-electron chi connectivity index (χ4n) is 2.09. The van der Waals surface area contributed by atoms with Crippen molar-refractivity contribution in [1.29, 1.82) is 5.26 Å². The molecular weight excluding hydrogens is 250 g/mol. The van der Waals surface area contributed by atoms with E-state index in [4.69, 9.17) is 5.11 Å². The number of carbonyl (C=O) groups is 1. The van der Waals surface area contributed by atoms with Gasteiger partial charge in [0, 0.05) is 0 Å². The normalized spacial score (nSPS) is 10.3. The first kappa shape index (κ1) is 13.8. The molecule has 0 spiro atoms. The van der Waals surface area contributed by atoms with Crippen molar-refractivity contribution in [2.75, 3.05) is 0 Å². The summed E-state index contributed by atoms with van der Waals surface area (Å²) in [4.78, 5) is 11.0. The van der Waals surface area contributed by atoms with Crippen LogP contribution in [0.25, 0.3) is 11.1 Å². The summed E-state index contributed by atoms with van der Waals surface area (Å²) < 4.78 is 0. The molecule has 0 atom stereocenters. The minimum atomic E-state index is -1.02. The first-order valence-electron chi connectivity index (χ1n) is 6.40. The van der Waals surface area contributed by atoms with Gasteiger partial charge in [-0.25, -0.2) is 4.79 Å². The zero-order valence-electron chi connectivity index (χ0n) is 11.4. The van der Waals surface area contributed by atoms with Gasteiger partial charge in [-0.15, -0.1) is 0 Å². The van der Waals surface area contributed by atoms with Crippen LogP contribution in [0.1, 0.15) is 41.3 Å². The number of hydrogen-bond acceptors (Lipinski definition) is 2. The maximum absolute atomic E-state index is 11.0. The topological polar surface area (TPSA) is 61.1 Å². The van der Waals surface area contributed by atoms with E-state index in [0.29, 0.717) is 11.5 Å². The van der Waals surface area contributed by atoms with Gasteiger partial charge in [0.05, 0.1) is 17.2 Å². The summed E-state index contributed by atoms with van der Waals surface area (Å²) in [7, 11) is 0. The van der Waals surface area contributed by atoms with Crippen molar-refractivity contribution in [3.05, 3.63) is 59.2 Å². The van der Waals surface area contributed by atoms with Gasteiger partial charge in [0.2, 0.25) is 0 Å². The molecule has 3 nitrogen and oxygen atoms in total. The highest BCUT2D eigenvalue weighted by Crippen LogP contribution is 2.27. The molecule has 20 heavy (non-hydrogen) atoms. The largest absolute Gasteiger partial charge is 0.478 e. The Morgan fingerprint density at radius 2 is 1.95 bits per heavy atom. The fourth-order valence-corrected chi connectivity index (χ4v) is 2.09. The number of hydrogen-bond donors (Lipinski definition) is 1. The van der Waals surface area contributed by atoms with E-state index in [-0.39, 0.29) is 5.56 Å². The molecule has 2 aromatic carbocycles. The Balaban J connectivity index is 2.55. The lowest BCUT2D eigenvalue weighted by molar-refractivity contribution is 0.0697. The smallest absolute Gasteiger partial charge is 0.335 e. The standard InChI is InChI=1S/C17H15NO2/c1-11(2)12-4-3-5-13(8-12)16-7-6-14(17(19)20)9-15(16)10-18/h3-9,11H,1-2H3,(H,19,20). The molecule has 2 aromatic rings. The van der Waals surface area contributed by atoms with Crippen molar-refractivity contribution in [2.45, 2.75) is 19.8 Å². The molecule has 100 valence electrons. The maximum Gasteiger partial charge on any atom is 0.335 e. The van der Waals surface area contributed by atoms with Crippen LogP contribution in [-0.2, 0) is 0 Å². The summed E-state index contributed by atoms with van der Waals surface area (Å²) in [5.74, 6) is -0.622. The zero-order chi connectivity index (χ0) is 14.7. The molecule has 0 aromatic heterocycles. The highest BCUT2D eigenvalue weighted by atomic mass is 16.4. The third-order valence-electron chi connectivity index (χ3n) is 3.25. The van der Waals surface area contributed by atoms with Crippen molar-refractivity contribution >= 4 is 5.97 Å². The Bertz CT molecular complexity index is 696. The Morgan fingerprint density at radius 1 is 1.20 bits per heavy atom. The van der Waals surface area contributed by atoms with Crippen LogP contribution in [0.5, 0.6) is 0 Å². The van der Waals surface area contributed by atoms with Crippen molar-refractivity contribution in [3.63, 3.8) is 0 Å². The third-order valence-corrected chi connectivity index (χ3v) is 3.25. The Kier molecular flexibility index (Phi) is 3.86. The molecule has 0 aliphatic rings. The van der Waals surface area contributed by atoms with Crippen LogP contribution in [0.2, 0.25) is 0 Å². The van der Waals surface area contributed by atoms with E-state index >= 15 is 0 Å². The molecule has 0 aliphatic heterocycles. The minimum Gasteiger partial charge on any atom is -0.478 e. The van der Waals surface area contributed by atoms with E-state index in [0.717, 1.165) is 11.1 Å². The number of nitrogens with zero attached hydrogens (tertiary/aromatic N) is 1. The Labute approximate surface area is 118 Å². The van der Waals surface area contributed by atoms with Gasteiger partial charge >= 0.3 is 5.97 Å². The van der Waals surface area contributed by atoms with E-state index in [9.17, 15) is 10.1 Å². The predicted octanol–water partition coefficient (Wildman–Crippen LogP) is 4.05. The lowest BCUT2D eigenvalue weighted by atomic mass is 9.94. The molecular formula is C17H15NO2. The highest BCUT2D eigenvalue weighted by Gasteiger charge is 2.10. The van der Waals surface area contributed by atoms with Crippen molar-refractivity contribution in [1.82, 2.24) is 0 Å². The zero-order valence-corrected chi connectivity index (χ0v) is 11.4. The molecule has 0 saturated carbocycles. The first-order chi connectivity index (χ1) is 9.52. The summed E-state index contributed by atoms with van der Waals surface area (Å²) in [5.41, 5.74) is 3.40. The van der Waals surface area contributed by atoms with Gasteiger partial charge in [-0.1, -0.05) is 44.2 Å². The number of rotatable bonds is 3. The van der Waals surface area contributed by atoms with Gasteiger partial charge in [0.25, 0.3) is 0 Å². The summed E-state index contributed by atoms with van der Waals surface area (Å²) in [6.45, 7) is 4.22. The maximum atomic E-state index is 11.0. The molecule has 0 bridgehead atoms. The van der Waals surface area contributed by atoms with Crippen molar-refractivity contribution in [2.24, 2.45) is 0 Å². The van der Waals surface area contributed by atoms with E-state index in [2.05, 4.69) is 19.9 Å². The van der Waals surface area contributed by atoms with Crippen molar-refractivity contribution in [3.8, 4) is 17.2 Å². The summed E-state index contributed by atoms with van der Waals surface area (Å²) in [5, 5.41) is 18.2. The van der Waals surface area contributed by atoms with Crippen LogP contribution < -0.4 is 0 Å². The second-order valence-corrected chi connectivity index (χ2v) is 4.96. The lowest BCUT2D eigenvalue weighted by Crippen LogP contribution is -1.98. The van der Waals surface area contributed by atoms with E-state index in [1.165, 1.54) is 17.7 Å². The molecule has 1 N–H and O–H groups in total. The molecule has 0 aliphatic carbocycles. The lowest BCUT2D eigenvalue weighted by Gasteiger charge is -2.10. The van der Waals surface area contributed by atoms with Gasteiger partial charge < -0.3 is 5.11 Å². The Hall–Kier alpha value is -2.60. The second-order valence-electron chi connectivity index (χ2n) is 4.96. The monoisotopic (exact) mass is 265 g/mol. The summed E-state index contributed by atoms with van der Waals surface area (Å²) in [6.07, 6.45) is 0. The molecule has 3 heteroatoms. The Morgan fingerprint density at radius 3 is 2.55 bits per heavy atom. The second kappa shape index (κ2) is 5.58. The van der Waals surface area contributed by atoms with E-state index < -0.39 is 5.97 Å². The van der Waals surface area contributed by atoms with Crippen LogP contribution in [0.15, 0.2) is 42.5 Å². The number of carboxylic acids is 1. The van der Waals surface area contributed by atoms with Crippen molar-refractivity contribution < 1.29 is 9.90 Å².